The van der Waals surface area contributed by atoms with E-state index in [-0.39, 0.29) is 0 Å². The number of carbonyl (C=O) groups excluding carboxylic acids is 1. The van der Waals surface area contributed by atoms with Crippen LogP contribution in [0.2, 0.25) is 0 Å². The molecule has 0 spiro atoms. The van der Waals surface area contributed by atoms with E-state index in [1.165, 1.54) is 56.9 Å². The molecule has 0 heterocycles. The number of hydrogen-bond acceptors (Lipinski definition) is 1. The quantitative estimate of drug-likeness (QED) is 0.572. The molecular formula is C13H20O. The molecule has 0 aromatic carbocycles. The number of ketones is 1. The van der Waals surface area contributed by atoms with E-state index in [1.807, 2.05) is 6.08 Å². The molecule has 78 valence electrons. The maximum Gasteiger partial charge on any atom is 0.155 e. The SMILES string of the molecule is O=C1C=C2CCCCCCC[C@@H](C1)C2. The first-order valence-corrected chi connectivity index (χ1v) is 6.07. The van der Waals surface area contributed by atoms with E-state index >= 15 is 0 Å². The number of carbonyl (C=O) groups is 1. The van der Waals surface area contributed by atoms with Crippen LogP contribution in [0.15, 0.2) is 11.6 Å². The van der Waals surface area contributed by atoms with Crippen molar-refractivity contribution >= 4 is 5.78 Å². The first kappa shape index (κ1) is 9.95. The van der Waals surface area contributed by atoms with Gasteiger partial charge in [-0.2, -0.15) is 0 Å². The molecule has 1 fully saturated rings. The lowest BCUT2D eigenvalue weighted by Gasteiger charge is -2.23. The lowest BCUT2D eigenvalue weighted by atomic mass is 9.82. The zero-order chi connectivity index (χ0) is 9.80. The van der Waals surface area contributed by atoms with Gasteiger partial charge in [-0.15, -0.1) is 0 Å². The third kappa shape index (κ3) is 2.70. The Kier molecular flexibility index (Phi) is 3.39. The summed E-state index contributed by atoms with van der Waals surface area (Å²) in [6, 6.07) is 0. The third-order valence-electron chi connectivity index (χ3n) is 3.52. The van der Waals surface area contributed by atoms with E-state index in [1.54, 1.807) is 0 Å². The molecule has 0 saturated heterocycles. The van der Waals surface area contributed by atoms with Gasteiger partial charge in [0.2, 0.25) is 0 Å². The molecular weight excluding hydrogens is 172 g/mol. The summed E-state index contributed by atoms with van der Waals surface area (Å²) in [6.07, 6.45) is 13.2. The highest BCUT2D eigenvalue weighted by Gasteiger charge is 2.20. The van der Waals surface area contributed by atoms with Crippen LogP contribution in [0.5, 0.6) is 0 Å². The zero-order valence-corrected chi connectivity index (χ0v) is 8.93. The highest BCUT2D eigenvalue weighted by molar-refractivity contribution is 5.91. The van der Waals surface area contributed by atoms with Gasteiger partial charge in [-0.1, -0.05) is 31.3 Å². The normalized spacial score (nSPS) is 29.6. The predicted octanol–water partition coefficient (Wildman–Crippen LogP) is 3.64. The maximum atomic E-state index is 11.5. The lowest BCUT2D eigenvalue weighted by Crippen LogP contribution is -2.14. The Morgan fingerprint density at radius 3 is 2.71 bits per heavy atom. The molecule has 0 aromatic heterocycles. The third-order valence-corrected chi connectivity index (χ3v) is 3.52. The second kappa shape index (κ2) is 4.77. The summed E-state index contributed by atoms with van der Waals surface area (Å²) >= 11 is 0. The number of hydrogen-bond donors (Lipinski definition) is 0. The summed E-state index contributed by atoms with van der Waals surface area (Å²) in [6.45, 7) is 0. The van der Waals surface area contributed by atoms with E-state index in [4.69, 9.17) is 0 Å². The second-order valence-corrected chi connectivity index (χ2v) is 4.85. The number of fused-ring (bicyclic) bond motifs is 2. The van der Waals surface area contributed by atoms with Crippen LogP contribution in [-0.4, -0.2) is 5.78 Å². The monoisotopic (exact) mass is 192 g/mol. The van der Waals surface area contributed by atoms with Crippen molar-refractivity contribution in [2.45, 2.75) is 57.8 Å². The molecule has 1 nitrogen and oxygen atoms in total. The number of allylic oxidation sites excluding steroid dienone is 2. The standard InChI is InChI=1S/C13H20O/c14-13-9-11-6-4-2-1-3-5-7-12(8-11)10-13/h9,12H,1-8,10H2/t12-/m1/s1. The minimum Gasteiger partial charge on any atom is -0.295 e. The maximum absolute atomic E-state index is 11.5. The molecule has 2 rings (SSSR count). The molecule has 1 atom stereocenters. The zero-order valence-electron chi connectivity index (χ0n) is 8.93. The smallest absolute Gasteiger partial charge is 0.155 e. The topological polar surface area (TPSA) is 17.1 Å². The summed E-state index contributed by atoms with van der Waals surface area (Å²) in [5, 5.41) is 0. The van der Waals surface area contributed by atoms with E-state index < -0.39 is 0 Å². The highest BCUT2D eigenvalue weighted by atomic mass is 16.1. The van der Waals surface area contributed by atoms with Gasteiger partial charge in [0.1, 0.15) is 0 Å². The summed E-state index contributed by atoms with van der Waals surface area (Å²) in [5.74, 6) is 1.07. The average molecular weight is 192 g/mol. The van der Waals surface area contributed by atoms with Crippen LogP contribution in [0.4, 0.5) is 0 Å². The molecule has 2 aliphatic carbocycles. The Hall–Kier alpha value is -0.590. The van der Waals surface area contributed by atoms with Crippen molar-refractivity contribution in [2.75, 3.05) is 0 Å². The van der Waals surface area contributed by atoms with Gasteiger partial charge in [0, 0.05) is 6.42 Å². The van der Waals surface area contributed by atoms with E-state index in [0.29, 0.717) is 11.7 Å². The van der Waals surface area contributed by atoms with Crippen molar-refractivity contribution in [3.8, 4) is 0 Å². The fourth-order valence-electron chi connectivity index (χ4n) is 2.77. The summed E-state index contributed by atoms with van der Waals surface area (Å²) in [4.78, 5) is 11.5. The van der Waals surface area contributed by atoms with Gasteiger partial charge in [0.15, 0.2) is 5.78 Å². The van der Waals surface area contributed by atoms with Gasteiger partial charge >= 0.3 is 0 Å². The molecule has 1 heteroatoms. The van der Waals surface area contributed by atoms with Gasteiger partial charge < -0.3 is 0 Å². The molecule has 2 bridgehead atoms. The molecule has 0 unspecified atom stereocenters. The van der Waals surface area contributed by atoms with Crippen LogP contribution in [0.25, 0.3) is 0 Å². The van der Waals surface area contributed by atoms with Crippen LogP contribution in [0.1, 0.15) is 57.8 Å². The van der Waals surface area contributed by atoms with Gasteiger partial charge in [-0.25, -0.2) is 0 Å². The predicted molar refractivity (Wildman–Crippen MR) is 58.1 cm³/mol. The molecule has 14 heavy (non-hydrogen) atoms. The average Bonchev–Trinajstić information content (AvgIpc) is 2.15. The van der Waals surface area contributed by atoms with Crippen LogP contribution in [-0.2, 0) is 4.79 Å². The summed E-state index contributed by atoms with van der Waals surface area (Å²) in [7, 11) is 0. The minimum absolute atomic E-state index is 0.386. The molecule has 0 aromatic rings. The fraction of sp³-hybridized carbons (Fsp3) is 0.769. The Morgan fingerprint density at radius 1 is 1.00 bits per heavy atom. The lowest BCUT2D eigenvalue weighted by molar-refractivity contribution is -0.116. The summed E-state index contributed by atoms with van der Waals surface area (Å²) < 4.78 is 0. The fourth-order valence-corrected chi connectivity index (χ4v) is 2.77. The van der Waals surface area contributed by atoms with Gasteiger partial charge in [0.05, 0.1) is 0 Å². The Bertz CT molecular complexity index is 240. The van der Waals surface area contributed by atoms with Crippen molar-refractivity contribution < 1.29 is 4.79 Å². The minimum atomic E-state index is 0.386. The van der Waals surface area contributed by atoms with Gasteiger partial charge in [-0.05, 0) is 37.7 Å². The van der Waals surface area contributed by atoms with Crippen molar-refractivity contribution in [3.05, 3.63) is 11.6 Å². The van der Waals surface area contributed by atoms with Crippen LogP contribution < -0.4 is 0 Å². The van der Waals surface area contributed by atoms with Crippen LogP contribution in [0.3, 0.4) is 0 Å². The Balaban J connectivity index is 2.01. The second-order valence-electron chi connectivity index (χ2n) is 4.85. The van der Waals surface area contributed by atoms with Crippen LogP contribution >= 0.6 is 0 Å². The molecule has 1 saturated carbocycles. The molecule has 0 radical (unpaired) electrons. The van der Waals surface area contributed by atoms with Crippen molar-refractivity contribution in [2.24, 2.45) is 5.92 Å². The number of rotatable bonds is 0. The molecule has 0 N–H and O–H groups in total. The highest BCUT2D eigenvalue weighted by Crippen LogP contribution is 2.30. The van der Waals surface area contributed by atoms with Crippen molar-refractivity contribution in [3.63, 3.8) is 0 Å². The molecule has 0 aliphatic heterocycles. The first-order valence-electron chi connectivity index (χ1n) is 6.07. The van der Waals surface area contributed by atoms with Gasteiger partial charge in [-0.3, -0.25) is 4.79 Å². The van der Waals surface area contributed by atoms with Gasteiger partial charge in [0.25, 0.3) is 0 Å². The van der Waals surface area contributed by atoms with Crippen molar-refractivity contribution in [1.82, 2.24) is 0 Å². The largest absolute Gasteiger partial charge is 0.295 e. The van der Waals surface area contributed by atoms with Crippen molar-refractivity contribution in [1.29, 1.82) is 0 Å². The Labute approximate surface area is 86.6 Å². The Morgan fingerprint density at radius 2 is 1.79 bits per heavy atom. The van der Waals surface area contributed by atoms with E-state index in [0.717, 1.165) is 6.42 Å². The van der Waals surface area contributed by atoms with Crippen LogP contribution in [0, 0.1) is 5.92 Å². The van der Waals surface area contributed by atoms with E-state index in [9.17, 15) is 4.79 Å². The van der Waals surface area contributed by atoms with E-state index in [2.05, 4.69) is 0 Å². The first-order chi connectivity index (χ1) is 6.84. The molecule has 2 aliphatic rings. The summed E-state index contributed by atoms with van der Waals surface area (Å²) in [5.41, 5.74) is 1.44. The molecule has 0 amide bonds.